The van der Waals surface area contributed by atoms with E-state index in [1.807, 2.05) is 6.92 Å². The van der Waals surface area contributed by atoms with Gasteiger partial charge in [-0.15, -0.1) is 0 Å². The number of anilines is 1. The Labute approximate surface area is 130 Å². The van der Waals surface area contributed by atoms with E-state index in [1.54, 1.807) is 24.4 Å². The van der Waals surface area contributed by atoms with E-state index in [-0.39, 0.29) is 28.1 Å². The van der Waals surface area contributed by atoms with Crippen LogP contribution in [0, 0.1) is 16.7 Å². The Morgan fingerprint density at radius 3 is 2.59 bits per heavy atom. The molecule has 1 aromatic rings. The average Bonchev–Trinajstić information content (AvgIpc) is 2.78. The van der Waals surface area contributed by atoms with E-state index in [2.05, 4.69) is 19.2 Å². The Kier molecular flexibility index (Phi) is 3.17. The van der Waals surface area contributed by atoms with E-state index in [1.165, 1.54) is 6.07 Å². The summed E-state index contributed by atoms with van der Waals surface area (Å²) in [7, 11) is 0. The lowest BCUT2D eigenvalue weighted by atomic mass is 9.70. The van der Waals surface area contributed by atoms with Crippen molar-refractivity contribution in [1.82, 2.24) is 0 Å². The first-order valence-corrected chi connectivity index (χ1v) is 7.61. The molecule has 2 saturated carbocycles. The Balaban J connectivity index is 1.93. The molecule has 3 rings (SSSR count). The molecular weight excluding hydrogens is 278 g/mol. The van der Waals surface area contributed by atoms with Crippen molar-refractivity contribution in [3.8, 4) is 0 Å². The summed E-state index contributed by atoms with van der Waals surface area (Å²) in [5.41, 5.74) is 0.978. The number of Topliss-reactive ketones (excluding diaryl/α,β-unsaturated/α-hetero) is 1. The summed E-state index contributed by atoms with van der Waals surface area (Å²) in [5, 5.41) is 14.1. The molecule has 116 valence electrons. The van der Waals surface area contributed by atoms with Crippen LogP contribution in [0.5, 0.6) is 0 Å². The van der Waals surface area contributed by atoms with Crippen LogP contribution in [-0.4, -0.2) is 11.8 Å². The molecule has 4 nitrogen and oxygen atoms in total. The van der Waals surface area contributed by atoms with Gasteiger partial charge in [0.05, 0.1) is 5.97 Å². The van der Waals surface area contributed by atoms with Gasteiger partial charge < -0.3 is 15.2 Å². The fourth-order valence-electron chi connectivity index (χ4n) is 4.04. The Hall–Kier alpha value is -2.10. The molecule has 1 N–H and O–H groups in total. The molecule has 2 aliphatic rings. The largest absolute Gasteiger partial charge is 0.545 e. The van der Waals surface area contributed by atoms with Crippen molar-refractivity contribution in [2.45, 2.75) is 33.6 Å². The molecule has 0 saturated heterocycles. The third-order valence-electron chi connectivity index (χ3n) is 5.90. The smallest absolute Gasteiger partial charge is 0.167 e. The van der Waals surface area contributed by atoms with E-state index >= 15 is 0 Å². The Bertz CT molecular complexity index is 689. The molecule has 0 aromatic heterocycles. The van der Waals surface area contributed by atoms with Crippen LogP contribution in [0.3, 0.4) is 0 Å². The maximum absolute atomic E-state index is 12.7. The lowest BCUT2D eigenvalue weighted by Crippen LogP contribution is -2.32. The number of carbonyl (C=O) groups excluding carboxylic acids is 2. The van der Waals surface area contributed by atoms with Gasteiger partial charge >= 0.3 is 0 Å². The van der Waals surface area contributed by atoms with Crippen LogP contribution >= 0.6 is 0 Å². The van der Waals surface area contributed by atoms with Crippen molar-refractivity contribution in [3.63, 3.8) is 0 Å². The van der Waals surface area contributed by atoms with Crippen LogP contribution in [0.1, 0.15) is 44.0 Å². The summed E-state index contributed by atoms with van der Waals surface area (Å²) in [4.78, 5) is 23.8. The van der Waals surface area contributed by atoms with Crippen LogP contribution < -0.4 is 10.4 Å². The number of carboxylic acids is 1. The second-order valence-corrected chi connectivity index (χ2v) is 7.05. The van der Waals surface area contributed by atoms with E-state index in [0.717, 1.165) is 18.4 Å². The lowest BCUT2D eigenvalue weighted by molar-refractivity contribution is -0.254. The fraction of sp³-hybridized carbons (Fsp3) is 0.444. The predicted molar refractivity (Wildman–Crippen MR) is 82.1 cm³/mol. The standard InChI is InChI=1S/C18H21NO3/c1-17(2)13-8-9-18(17,3)15(20)12(13)10-19-14-7-5-4-6-11(14)16(21)22/h4-7,10,13,19H,8-9H2,1-3H3,(H,21,22)/p-1/t13-,18-/m1/s1. The first kappa shape index (κ1) is 14.8. The minimum absolute atomic E-state index is 0.0501. The summed E-state index contributed by atoms with van der Waals surface area (Å²) in [6.07, 6.45) is 3.63. The van der Waals surface area contributed by atoms with Gasteiger partial charge in [-0.3, -0.25) is 4.79 Å². The SMILES string of the molecule is CC1(C)[C@@H]2CC[C@]1(C)C(=O)C2=CNc1ccccc1C(=O)[O-]. The van der Waals surface area contributed by atoms with Crippen LogP contribution in [-0.2, 0) is 4.79 Å². The summed E-state index contributed by atoms with van der Waals surface area (Å²) >= 11 is 0. The first-order chi connectivity index (χ1) is 10.3. The summed E-state index contributed by atoms with van der Waals surface area (Å²) < 4.78 is 0. The monoisotopic (exact) mass is 298 g/mol. The molecule has 2 atom stereocenters. The molecule has 4 heteroatoms. The zero-order chi connectivity index (χ0) is 16.1. The molecule has 0 heterocycles. The van der Waals surface area contributed by atoms with Gasteiger partial charge in [0.15, 0.2) is 5.78 Å². The number of allylic oxidation sites excluding steroid dienone is 1. The number of para-hydroxylation sites is 1. The van der Waals surface area contributed by atoms with Crippen molar-refractivity contribution < 1.29 is 14.7 Å². The lowest BCUT2D eigenvalue weighted by Gasteiger charge is -2.31. The van der Waals surface area contributed by atoms with Gasteiger partial charge in [0.1, 0.15) is 0 Å². The molecule has 1 aromatic carbocycles. The number of carboxylic acid groups (broad SMARTS) is 1. The highest BCUT2D eigenvalue weighted by Crippen LogP contribution is 2.65. The summed E-state index contributed by atoms with van der Waals surface area (Å²) in [5.74, 6) is -0.812. The van der Waals surface area contributed by atoms with Crippen molar-refractivity contribution in [2.24, 2.45) is 16.7 Å². The topological polar surface area (TPSA) is 69.2 Å². The zero-order valence-corrected chi connectivity index (χ0v) is 13.1. The molecule has 2 fully saturated rings. The van der Waals surface area contributed by atoms with Crippen molar-refractivity contribution in [2.75, 3.05) is 5.32 Å². The average molecular weight is 298 g/mol. The molecule has 0 spiro atoms. The number of hydrogen-bond acceptors (Lipinski definition) is 4. The second kappa shape index (κ2) is 4.70. The summed E-state index contributed by atoms with van der Waals surface area (Å²) in [6, 6.07) is 6.56. The number of rotatable bonds is 3. The minimum atomic E-state index is -1.23. The third kappa shape index (κ3) is 1.83. The number of carbonyl (C=O) groups is 2. The van der Waals surface area contributed by atoms with Gasteiger partial charge in [-0.2, -0.15) is 0 Å². The number of nitrogens with one attached hydrogen (secondary N) is 1. The summed E-state index contributed by atoms with van der Waals surface area (Å²) in [6.45, 7) is 6.35. The number of hydrogen-bond donors (Lipinski definition) is 1. The maximum atomic E-state index is 12.7. The quantitative estimate of drug-likeness (QED) is 0.870. The molecular formula is C18H20NO3-. The van der Waals surface area contributed by atoms with E-state index in [4.69, 9.17) is 0 Å². The number of fused-ring (bicyclic) bond motifs is 2. The molecule has 2 bridgehead atoms. The van der Waals surface area contributed by atoms with Crippen molar-refractivity contribution in [3.05, 3.63) is 41.6 Å². The highest BCUT2D eigenvalue weighted by atomic mass is 16.4. The van der Waals surface area contributed by atoms with Crippen LogP contribution in [0.15, 0.2) is 36.0 Å². The van der Waals surface area contributed by atoms with Crippen molar-refractivity contribution >= 4 is 17.4 Å². The van der Waals surface area contributed by atoms with Crippen LogP contribution in [0.2, 0.25) is 0 Å². The first-order valence-electron chi connectivity index (χ1n) is 7.61. The molecule has 0 aliphatic heterocycles. The van der Waals surface area contributed by atoms with Crippen LogP contribution in [0.25, 0.3) is 0 Å². The predicted octanol–water partition coefficient (Wildman–Crippen LogP) is 2.37. The third-order valence-corrected chi connectivity index (χ3v) is 5.90. The number of ketones is 1. The highest BCUT2D eigenvalue weighted by Gasteiger charge is 2.63. The molecule has 0 radical (unpaired) electrons. The normalized spacial score (nSPS) is 30.8. The van der Waals surface area contributed by atoms with Crippen molar-refractivity contribution in [1.29, 1.82) is 0 Å². The highest BCUT2D eigenvalue weighted by molar-refractivity contribution is 6.05. The van der Waals surface area contributed by atoms with E-state index < -0.39 is 5.97 Å². The molecule has 0 amide bonds. The zero-order valence-electron chi connectivity index (χ0n) is 13.1. The molecule has 22 heavy (non-hydrogen) atoms. The van der Waals surface area contributed by atoms with Gasteiger partial charge in [0.2, 0.25) is 0 Å². The van der Waals surface area contributed by atoms with E-state index in [9.17, 15) is 14.7 Å². The Morgan fingerprint density at radius 1 is 1.32 bits per heavy atom. The molecule has 0 unspecified atom stereocenters. The number of benzene rings is 1. The second-order valence-electron chi connectivity index (χ2n) is 7.05. The van der Waals surface area contributed by atoms with E-state index in [0.29, 0.717) is 5.69 Å². The molecule has 2 aliphatic carbocycles. The number of aromatic carboxylic acids is 1. The fourth-order valence-corrected chi connectivity index (χ4v) is 4.04. The Morgan fingerprint density at radius 2 is 2.00 bits per heavy atom. The van der Waals surface area contributed by atoms with Gasteiger partial charge in [0, 0.05) is 28.4 Å². The maximum Gasteiger partial charge on any atom is 0.167 e. The van der Waals surface area contributed by atoms with Gasteiger partial charge in [-0.05, 0) is 30.2 Å². The van der Waals surface area contributed by atoms with Gasteiger partial charge in [-0.1, -0.05) is 39.0 Å². The van der Waals surface area contributed by atoms with Gasteiger partial charge in [-0.25, -0.2) is 0 Å². The van der Waals surface area contributed by atoms with Crippen LogP contribution in [0.4, 0.5) is 5.69 Å². The van der Waals surface area contributed by atoms with Gasteiger partial charge in [0.25, 0.3) is 0 Å². The minimum Gasteiger partial charge on any atom is -0.545 e.